The normalized spacial score (nSPS) is 15.7. The molecular weight excluding hydrogens is 304 g/mol. The van der Waals surface area contributed by atoms with E-state index in [0.29, 0.717) is 12.8 Å². The number of aliphatic carboxylic acids is 1. The van der Waals surface area contributed by atoms with Gasteiger partial charge in [-0.15, -0.1) is 0 Å². The molecule has 0 aromatic rings. The number of alkyl carbamates (subject to hydrolysis) is 1. The average Bonchev–Trinajstić information content (AvgIpc) is 2.71. The first-order chi connectivity index (χ1) is 10.6. The van der Waals surface area contributed by atoms with Gasteiger partial charge in [-0.1, -0.05) is 0 Å². The van der Waals surface area contributed by atoms with Gasteiger partial charge < -0.3 is 15.2 Å². The summed E-state index contributed by atoms with van der Waals surface area (Å²) in [5.41, 5.74) is -0.712. The summed E-state index contributed by atoms with van der Waals surface area (Å²) in [6.07, 6.45) is 2.68. The maximum atomic E-state index is 11.6. The van der Waals surface area contributed by atoms with Crippen LogP contribution in [0.4, 0.5) is 4.79 Å². The third-order valence-corrected chi connectivity index (χ3v) is 3.01. The van der Waals surface area contributed by atoms with Crippen LogP contribution in [0.3, 0.4) is 0 Å². The standard InChI is InChI=1S/C15H22N2O6/c1-15(2,3)23-14(22)16-10(13(20)21)6-4-5-9-17-11(18)7-8-12(17)19/h7-8,10H,4-6,9H2,1-3H3,(H,16,22)(H,20,21). The first-order valence-corrected chi connectivity index (χ1v) is 7.36. The lowest BCUT2D eigenvalue weighted by Gasteiger charge is -2.22. The van der Waals surface area contributed by atoms with E-state index in [0.717, 1.165) is 4.90 Å². The zero-order valence-corrected chi connectivity index (χ0v) is 13.5. The van der Waals surface area contributed by atoms with Crippen LogP contribution in [0.2, 0.25) is 0 Å². The van der Waals surface area contributed by atoms with Crippen molar-refractivity contribution in [3.63, 3.8) is 0 Å². The van der Waals surface area contributed by atoms with Crippen LogP contribution in [0.1, 0.15) is 40.0 Å². The molecule has 0 aromatic carbocycles. The Hall–Kier alpha value is -2.38. The topological polar surface area (TPSA) is 113 Å². The van der Waals surface area contributed by atoms with Crippen LogP contribution in [0, 0.1) is 0 Å². The van der Waals surface area contributed by atoms with E-state index in [1.807, 2.05) is 0 Å². The molecule has 0 fully saturated rings. The number of unbranched alkanes of at least 4 members (excludes halogenated alkanes) is 1. The number of carbonyl (C=O) groups is 4. The number of hydrogen-bond acceptors (Lipinski definition) is 5. The molecule has 1 atom stereocenters. The summed E-state index contributed by atoms with van der Waals surface area (Å²) in [5.74, 6) is -1.89. The number of imide groups is 1. The molecule has 2 N–H and O–H groups in total. The van der Waals surface area contributed by atoms with Crippen LogP contribution in [0.15, 0.2) is 12.2 Å². The van der Waals surface area contributed by atoms with Gasteiger partial charge in [0.15, 0.2) is 0 Å². The summed E-state index contributed by atoms with van der Waals surface area (Å²) in [6, 6.07) is -1.08. The van der Waals surface area contributed by atoms with Crippen molar-refractivity contribution in [2.75, 3.05) is 6.54 Å². The summed E-state index contributed by atoms with van der Waals surface area (Å²) in [6.45, 7) is 5.27. The quantitative estimate of drug-likeness (QED) is 0.534. The van der Waals surface area contributed by atoms with Crippen molar-refractivity contribution in [3.8, 4) is 0 Å². The second kappa shape index (κ2) is 7.75. The summed E-state index contributed by atoms with van der Waals surface area (Å²) in [5, 5.41) is 11.4. The van der Waals surface area contributed by atoms with Gasteiger partial charge in [-0.2, -0.15) is 0 Å². The number of carboxylic acid groups (broad SMARTS) is 1. The number of hydrogen-bond donors (Lipinski definition) is 2. The van der Waals surface area contributed by atoms with Crippen LogP contribution in [-0.4, -0.2) is 52.1 Å². The Bertz CT molecular complexity index is 503. The predicted molar refractivity (Wildman–Crippen MR) is 80.5 cm³/mol. The molecule has 8 nitrogen and oxygen atoms in total. The van der Waals surface area contributed by atoms with Gasteiger partial charge in [0.1, 0.15) is 11.6 Å². The molecular formula is C15H22N2O6. The van der Waals surface area contributed by atoms with Gasteiger partial charge in [0.2, 0.25) is 0 Å². The Morgan fingerprint density at radius 2 is 1.78 bits per heavy atom. The maximum Gasteiger partial charge on any atom is 0.408 e. The highest BCUT2D eigenvalue weighted by Crippen LogP contribution is 2.10. The molecule has 1 heterocycles. The average molecular weight is 326 g/mol. The van der Waals surface area contributed by atoms with Crippen molar-refractivity contribution in [1.82, 2.24) is 10.2 Å². The number of ether oxygens (including phenoxy) is 1. The summed E-state index contributed by atoms with van der Waals surface area (Å²) in [4.78, 5) is 46.5. The van der Waals surface area contributed by atoms with Crippen molar-refractivity contribution in [2.24, 2.45) is 0 Å². The molecule has 0 bridgehead atoms. The number of nitrogens with zero attached hydrogens (tertiary/aromatic N) is 1. The van der Waals surface area contributed by atoms with E-state index < -0.39 is 23.7 Å². The fraction of sp³-hybridized carbons (Fsp3) is 0.600. The minimum atomic E-state index is -1.16. The first-order valence-electron chi connectivity index (χ1n) is 7.36. The lowest BCUT2D eigenvalue weighted by molar-refractivity contribution is -0.140. The molecule has 0 saturated carbocycles. The Morgan fingerprint density at radius 1 is 1.22 bits per heavy atom. The highest BCUT2D eigenvalue weighted by molar-refractivity contribution is 6.12. The SMILES string of the molecule is CC(C)(C)OC(=O)NC(CCCCN1C(=O)C=CC1=O)C(=O)O. The highest BCUT2D eigenvalue weighted by atomic mass is 16.6. The Labute approximate surface area is 134 Å². The minimum absolute atomic E-state index is 0.179. The molecule has 3 amide bonds. The molecule has 23 heavy (non-hydrogen) atoms. The van der Waals surface area contributed by atoms with Gasteiger partial charge >= 0.3 is 12.1 Å². The smallest absolute Gasteiger partial charge is 0.408 e. The number of nitrogens with one attached hydrogen (secondary N) is 1. The lowest BCUT2D eigenvalue weighted by atomic mass is 10.1. The molecule has 0 spiro atoms. The number of carbonyl (C=O) groups excluding carboxylic acids is 3. The monoisotopic (exact) mass is 326 g/mol. The lowest BCUT2D eigenvalue weighted by Crippen LogP contribution is -2.43. The van der Waals surface area contributed by atoms with Crippen molar-refractivity contribution in [1.29, 1.82) is 0 Å². The van der Waals surface area contributed by atoms with Crippen LogP contribution in [-0.2, 0) is 19.1 Å². The second-order valence-corrected chi connectivity index (χ2v) is 6.19. The van der Waals surface area contributed by atoms with Gasteiger partial charge in [0.05, 0.1) is 0 Å². The third-order valence-electron chi connectivity index (χ3n) is 3.01. The molecule has 0 saturated heterocycles. The Kier molecular flexibility index (Phi) is 6.29. The zero-order valence-electron chi connectivity index (χ0n) is 13.5. The highest BCUT2D eigenvalue weighted by Gasteiger charge is 2.25. The van der Waals surface area contributed by atoms with E-state index in [4.69, 9.17) is 9.84 Å². The van der Waals surface area contributed by atoms with E-state index in [1.54, 1.807) is 20.8 Å². The molecule has 0 aromatic heterocycles. The van der Waals surface area contributed by atoms with Crippen LogP contribution in [0.5, 0.6) is 0 Å². The predicted octanol–water partition coefficient (Wildman–Crippen LogP) is 1.06. The van der Waals surface area contributed by atoms with Gasteiger partial charge in [-0.3, -0.25) is 14.5 Å². The minimum Gasteiger partial charge on any atom is -0.480 e. The van der Waals surface area contributed by atoms with E-state index in [1.165, 1.54) is 12.2 Å². The van der Waals surface area contributed by atoms with Gasteiger partial charge in [-0.05, 0) is 40.0 Å². The maximum absolute atomic E-state index is 11.6. The number of amides is 3. The van der Waals surface area contributed by atoms with Crippen LogP contribution in [0.25, 0.3) is 0 Å². The van der Waals surface area contributed by atoms with E-state index in [2.05, 4.69) is 5.32 Å². The van der Waals surface area contributed by atoms with Crippen molar-refractivity contribution in [3.05, 3.63) is 12.2 Å². The fourth-order valence-electron chi connectivity index (χ4n) is 1.98. The zero-order chi connectivity index (χ0) is 17.6. The molecule has 128 valence electrons. The molecule has 0 radical (unpaired) electrons. The van der Waals surface area contributed by atoms with Crippen molar-refractivity contribution >= 4 is 23.9 Å². The van der Waals surface area contributed by atoms with Crippen LogP contribution >= 0.6 is 0 Å². The number of carboxylic acids is 1. The van der Waals surface area contributed by atoms with Crippen molar-refractivity contribution in [2.45, 2.75) is 51.7 Å². The summed E-state index contributed by atoms with van der Waals surface area (Å²) < 4.78 is 5.01. The van der Waals surface area contributed by atoms with Crippen molar-refractivity contribution < 1.29 is 29.0 Å². The van der Waals surface area contributed by atoms with E-state index in [9.17, 15) is 19.2 Å². The Balaban J connectivity index is 2.36. The molecule has 1 unspecified atom stereocenters. The van der Waals surface area contributed by atoms with Gasteiger partial charge in [-0.25, -0.2) is 9.59 Å². The van der Waals surface area contributed by atoms with E-state index in [-0.39, 0.29) is 24.8 Å². The van der Waals surface area contributed by atoms with Gasteiger partial charge in [0.25, 0.3) is 11.8 Å². The third kappa shape index (κ3) is 6.50. The van der Waals surface area contributed by atoms with Gasteiger partial charge in [0, 0.05) is 18.7 Å². The second-order valence-electron chi connectivity index (χ2n) is 6.19. The fourth-order valence-corrected chi connectivity index (χ4v) is 1.98. The molecule has 1 aliphatic rings. The van der Waals surface area contributed by atoms with E-state index >= 15 is 0 Å². The molecule has 8 heteroatoms. The Morgan fingerprint density at radius 3 is 2.26 bits per heavy atom. The number of rotatable bonds is 7. The first kappa shape index (κ1) is 18.7. The van der Waals surface area contributed by atoms with Crippen LogP contribution < -0.4 is 5.32 Å². The molecule has 0 aliphatic carbocycles. The molecule has 1 rings (SSSR count). The molecule has 1 aliphatic heterocycles. The largest absolute Gasteiger partial charge is 0.480 e. The summed E-state index contributed by atoms with van der Waals surface area (Å²) >= 11 is 0. The summed E-state index contributed by atoms with van der Waals surface area (Å²) in [7, 11) is 0.